The quantitative estimate of drug-likeness (QED) is 0.796. The summed E-state index contributed by atoms with van der Waals surface area (Å²) < 4.78 is 5.43. The van der Waals surface area contributed by atoms with E-state index in [1.54, 1.807) is 7.11 Å². The summed E-state index contributed by atoms with van der Waals surface area (Å²) in [5.41, 5.74) is 0.705. The Kier molecular flexibility index (Phi) is 6.85. The Morgan fingerprint density at radius 2 is 2.00 bits per heavy atom. The van der Waals surface area contributed by atoms with Crippen molar-refractivity contribution >= 4 is 11.8 Å². The van der Waals surface area contributed by atoms with Gasteiger partial charge in [-0.3, -0.25) is 9.59 Å². The number of nitrogens with one attached hydrogen (secondary N) is 2. The second kappa shape index (κ2) is 9.33. The lowest BCUT2D eigenvalue weighted by Crippen LogP contribution is -2.50. The molecule has 0 radical (unpaired) electrons. The maximum absolute atomic E-state index is 12.8. The smallest absolute Gasteiger partial charge is 0.253 e. The summed E-state index contributed by atoms with van der Waals surface area (Å²) >= 11 is 0. The summed E-state index contributed by atoms with van der Waals surface area (Å²) in [6, 6.07) is 9.31. The van der Waals surface area contributed by atoms with Gasteiger partial charge in [0, 0.05) is 37.7 Å². The van der Waals surface area contributed by atoms with E-state index in [4.69, 9.17) is 4.74 Å². The van der Waals surface area contributed by atoms with Crippen molar-refractivity contribution in [2.75, 3.05) is 46.4 Å². The first-order valence-electron chi connectivity index (χ1n) is 9.95. The maximum atomic E-state index is 12.8. The van der Waals surface area contributed by atoms with Gasteiger partial charge < -0.3 is 20.3 Å². The van der Waals surface area contributed by atoms with Crippen LogP contribution in [-0.2, 0) is 9.53 Å². The van der Waals surface area contributed by atoms with Crippen LogP contribution in [0.3, 0.4) is 0 Å². The van der Waals surface area contributed by atoms with E-state index in [2.05, 4.69) is 10.6 Å². The second-order valence-corrected chi connectivity index (χ2v) is 7.86. The van der Waals surface area contributed by atoms with Crippen molar-refractivity contribution in [2.45, 2.75) is 25.7 Å². The molecule has 2 N–H and O–H groups in total. The van der Waals surface area contributed by atoms with Gasteiger partial charge in [-0.25, -0.2) is 0 Å². The number of ether oxygens (including phenoxy) is 1. The number of piperidine rings is 2. The average Bonchev–Trinajstić information content (AvgIpc) is 2.73. The normalized spacial score (nSPS) is 22.3. The third-order valence-corrected chi connectivity index (χ3v) is 5.85. The van der Waals surface area contributed by atoms with Gasteiger partial charge in [0.2, 0.25) is 5.91 Å². The fraction of sp³-hybridized carbons (Fsp3) is 0.619. The van der Waals surface area contributed by atoms with E-state index in [9.17, 15) is 9.59 Å². The van der Waals surface area contributed by atoms with Crippen molar-refractivity contribution < 1.29 is 14.3 Å². The number of amides is 2. The van der Waals surface area contributed by atoms with Gasteiger partial charge in [-0.2, -0.15) is 0 Å². The minimum absolute atomic E-state index is 0.0160. The molecule has 2 aliphatic heterocycles. The molecular weight excluding hydrogens is 342 g/mol. The van der Waals surface area contributed by atoms with E-state index >= 15 is 0 Å². The molecule has 2 saturated heterocycles. The van der Waals surface area contributed by atoms with E-state index in [1.165, 1.54) is 0 Å². The van der Waals surface area contributed by atoms with Crippen molar-refractivity contribution in [3.8, 4) is 0 Å². The van der Waals surface area contributed by atoms with Gasteiger partial charge in [0.15, 0.2) is 0 Å². The fourth-order valence-corrected chi connectivity index (χ4v) is 4.19. The molecule has 0 aliphatic carbocycles. The van der Waals surface area contributed by atoms with Crippen LogP contribution in [0, 0.1) is 11.3 Å². The fourth-order valence-electron chi connectivity index (χ4n) is 4.19. The van der Waals surface area contributed by atoms with Gasteiger partial charge in [0.05, 0.1) is 12.5 Å². The number of hydrogen-bond donors (Lipinski definition) is 2. The number of methoxy groups -OCH3 is 1. The van der Waals surface area contributed by atoms with Crippen molar-refractivity contribution in [3.63, 3.8) is 0 Å². The van der Waals surface area contributed by atoms with Crippen molar-refractivity contribution in [1.29, 1.82) is 0 Å². The van der Waals surface area contributed by atoms with Crippen LogP contribution in [0.2, 0.25) is 0 Å². The molecular formula is C21H31N3O3. The largest absolute Gasteiger partial charge is 0.384 e. The number of carbonyl (C=O) groups excluding carboxylic acids is 2. The minimum atomic E-state index is -0.132. The monoisotopic (exact) mass is 373 g/mol. The molecule has 6 heteroatoms. The Labute approximate surface area is 161 Å². The zero-order valence-corrected chi connectivity index (χ0v) is 16.2. The Balaban J connectivity index is 1.55. The molecule has 2 heterocycles. The number of rotatable bonds is 6. The standard InChI is InChI=1S/C21H31N3O3/c1-27-16-21(9-11-22-12-10-21)15-23-19(25)18-8-5-13-24(14-18)20(26)17-6-3-2-4-7-17/h2-4,6-7,18,22H,5,8-16H2,1H3,(H,23,25). The second-order valence-electron chi connectivity index (χ2n) is 7.86. The highest BCUT2D eigenvalue weighted by atomic mass is 16.5. The van der Waals surface area contributed by atoms with E-state index in [0.717, 1.165) is 45.3 Å². The topological polar surface area (TPSA) is 70.7 Å². The Bertz CT molecular complexity index is 623. The first kappa shape index (κ1) is 19.8. The Morgan fingerprint density at radius 3 is 2.70 bits per heavy atom. The Hall–Kier alpha value is -1.92. The van der Waals surface area contributed by atoms with E-state index in [0.29, 0.717) is 25.3 Å². The predicted octanol–water partition coefficient (Wildman–Crippen LogP) is 1.67. The predicted molar refractivity (Wildman–Crippen MR) is 104 cm³/mol. The molecule has 2 aliphatic rings. The van der Waals surface area contributed by atoms with E-state index in [1.807, 2.05) is 35.2 Å². The molecule has 2 fully saturated rings. The number of carbonyl (C=O) groups is 2. The molecule has 1 unspecified atom stereocenters. The van der Waals surface area contributed by atoms with E-state index < -0.39 is 0 Å². The highest BCUT2D eigenvalue weighted by molar-refractivity contribution is 5.94. The summed E-state index contributed by atoms with van der Waals surface area (Å²) in [6.45, 7) is 4.45. The molecule has 1 aromatic rings. The molecule has 2 amide bonds. The first-order chi connectivity index (χ1) is 13.1. The van der Waals surface area contributed by atoms with Gasteiger partial charge in [0.1, 0.15) is 0 Å². The zero-order chi connectivity index (χ0) is 19.1. The summed E-state index contributed by atoms with van der Waals surface area (Å²) in [5.74, 6) is -0.0513. The lowest BCUT2D eigenvalue weighted by atomic mass is 9.79. The minimum Gasteiger partial charge on any atom is -0.384 e. The van der Waals surface area contributed by atoms with Gasteiger partial charge in [0.25, 0.3) is 5.91 Å². The van der Waals surface area contributed by atoms with Crippen LogP contribution in [0.1, 0.15) is 36.0 Å². The molecule has 1 atom stereocenters. The molecule has 0 bridgehead atoms. The third kappa shape index (κ3) is 5.08. The molecule has 6 nitrogen and oxygen atoms in total. The summed E-state index contributed by atoms with van der Waals surface area (Å²) in [6.07, 6.45) is 3.71. The molecule has 0 aromatic heterocycles. The van der Waals surface area contributed by atoms with Crippen molar-refractivity contribution in [1.82, 2.24) is 15.5 Å². The van der Waals surface area contributed by atoms with Gasteiger partial charge in [-0.05, 0) is 50.9 Å². The molecule has 1 aromatic carbocycles. The van der Waals surface area contributed by atoms with Crippen LogP contribution < -0.4 is 10.6 Å². The summed E-state index contributed by atoms with van der Waals surface area (Å²) in [4.78, 5) is 27.3. The zero-order valence-electron chi connectivity index (χ0n) is 16.2. The Morgan fingerprint density at radius 1 is 1.26 bits per heavy atom. The lowest BCUT2D eigenvalue weighted by Gasteiger charge is -2.38. The molecule has 3 rings (SSSR count). The van der Waals surface area contributed by atoms with Gasteiger partial charge in [-0.15, -0.1) is 0 Å². The molecule has 148 valence electrons. The average molecular weight is 373 g/mol. The SMILES string of the molecule is COCC1(CNC(=O)C2CCCN(C(=O)c3ccccc3)C2)CCNCC1. The highest BCUT2D eigenvalue weighted by Gasteiger charge is 2.34. The number of hydrogen-bond acceptors (Lipinski definition) is 4. The number of nitrogens with zero attached hydrogens (tertiary/aromatic N) is 1. The highest BCUT2D eigenvalue weighted by Crippen LogP contribution is 2.28. The van der Waals surface area contributed by atoms with Crippen LogP contribution in [0.4, 0.5) is 0 Å². The van der Waals surface area contributed by atoms with Crippen LogP contribution in [0.15, 0.2) is 30.3 Å². The van der Waals surface area contributed by atoms with Crippen molar-refractivity contribution in [3.05, 3.63) is 35.9 Å². The van der Waals surface area contributed by atoms with Crippen LogP contribution in [0.5, 0.6) is 0 Å². The van der Waals surface area contributed by atoms with Gasteiger partial charge in [-0.1, -0.05) is 18.2 Å². The summed E-state index contributed by atoms with van der Waals surface area (Å²) in [7, 11) is 1.72. The maximum Gasteiger partial charge on any atom is 0.253 e. The number of benzene rings is 1. The van der Waals surface area contributed by atoms with Crippen molar-refractivity contribution in [2.24, 2.45) is 11.3 Å². The first-order valence-corrected chi connectivity index (χ1v) is 9.95. The van der Waals surface area contributed by atoms with Gasteiger partial charge >= 0.3 is 0 Å². The lowest BCUT2D eigenvalue weighted by molar-refractivity contribution is -0.127. The third-order valence-electron chi connectivity index (χ3n) is 5.85. The van der Waals surface area contributed by atoms with Crippen LogP contribution >= 0.6 is 0 Å². The molecule has 0 saturated carbocycles. The summed E-state index contributed by atoms with van der Waals surface area (Å²) in [5, 5.41) is 6.53. The van der Waals surface area contributed by atoms with Crippen LogP contribution in [0.25, 0.3) is 0 Å². The molecule has 27 heavy (non-hydrogen) atoms. The van der Waals surface area contributed by atoms with Crippen LogP contribution in [-0.4, -0.2) is 63.2 Å². The number of likely N-dealkylation sites (tertiary alicyclic amines) is 1. The van der Waals surface area contributed by atoms with E-state index in [-0.39, 0.29) is 23.1 Å². The molecule has 0 spiro atoms.